The van der Waals surface area contributed by atoms with Gasteiger partial charge in [-0.1, -0.05) is 52.4 Å². The molecule has 40 heavy (non-hydrogen) atoms. The van der Waals surface area contributed by atoms with Crippen LogP contribution in [0.4, 0.5) is 11.4 Å². The number of amides is 2. The Kier molecular flexibility index (Phi) is 8.48. The Balaban J connectivity index is 1.34. The van der Waals surface area contributed by atoms with Crippen molar-refractivity contribution in [1.82, 2.24) is 15.0 Å². The first-order chi connectivity index (χ1) is 19.3. The number of benzene rings is 2. The van der Waals surface area contributed by atoms with Gasteiger partial charge in [0.2, 0.25) is 5.91 Å². The number of allylic oxidation sites excluding steroid dienone is 1. The SMILES string of the molecule is C[C@@H](/C=C/CCn1cc(CCO)nn1)[C@]1(O)C(=O)N(Cc2cccc(N3CCCCC3=O)c2)c2ccc(Br)cc21. The number of carbonyl (C=O) groups is 2. The van der Waals surface area contributed by atoms with Crippen molar-refractivity contribution in [3.63, 3.8) is 0 Å². The van der Waals surface area contributed by atoms with Crippen molar-refractivity contribution < 1.29 is 19.8 Å². The third kappa shape index (κ3) is 5.61. The molecule has 10 heteroatoms. The van der Waals surface area contributed by atoms with Gasteiger partial charge in [0.05, 0.1) is 17.9 Å². The van der Waals surface area contributed by atoms with E-state index in [0.29, 0.717) is 43.6 Å². The summed E-state index contributed by atoms with van der Waals surface area (Å²) in [6, 6.07) is 13.3. The Morgan fingerprint density at radius 3 is 2.83 bits per heavy atom. The summed E-state index contributed by atoms with van der Waals surface area (Å²) in [5.41, 5.74) is 1.98. The molecule has 5 rings (SSSR count). The fourth-order valence-electron chi connectivity index (χ4n) is 5.48. The van der Waals surface area contributed by atoms with Crippen molar-refractivity contribution in [3.8, 4) is 0 Å². The van der Waals surface area contributed by atoms with Crippen LogP contribution in [-0.4, -0.2) is 50.2 Å². The predicted molar refractivity (Wildman–Crippen MR) is 156 cm³/mol. The summed E-state index contributed by atoms with van der Waals surface area (Å²) in [7, 11) is 0. The van der Waals surface area contributed by atoms with Crippen LogP contribution >= 0.6 is 15.9 Å². The number of carbonyl (C=O) groups excluding carboxylic acids is 2. The van der Waals surface area contributed by atoms with E-state index in [-0.39, 0.29) is 25.0 Å². The monoisotopic (exact) mass is 607 g/mol. The number of hydrogen-bond donors (Lipinski definition) is 2. The third-order valence-corrected chi connectivity index (χ3v) is 8.17. The fraction of sp³-hybridized carbons (Fsp3) is 0.400. The van der Waals surface area contributed by atoms with Crippen LogP contribution in [-0.2, 0) is 34.7 Å². The molecule has 210 valence electrons. The Morgan fingerprint density at radius 2 is 2.02 bits per heavy atom. The average Bonchev–Trinajstić information content (AvgIpc) is 3.48. The Bertz CT molecular complexity index is 1420. The van der Waals surface area contributed by atoms with Crippen LogP contribution in [0.5, 0.6) is 0 Å². The minimum Gasteiger partial charge on any atom is -0.396 e. The van der Waals surface area contributed by atoms with E-state index < -0.39 is 11.5 Å². The smallest absolute Gasteiger partial charge is 0.264 e. The van der Waals surface area contributed by atoms with E-state index in [2.05, 4.69) is 26.2 Å². The van der Waals surface area contributed by atoms with Gasteiger partial charge in [0.15, 0.2) is 5.60 Å². The minimum absolute atomic E-state index is 0.0287. The number of fused-ring (bicyclic) bond motifs is 1. The second kappa shape index (κ2) is 12.0. The van der Waals surface area contributed by atoms with Gasteiger partial charge in [-0.15, -0.1) is 5.10 Å². The van der Waals surface area contributed by atoms with Crippen molar-refractivity contribution in [2.24, 2.45) is 5.92 Å². The molecule has 0 unspecified atom stereocenters. The fourth-order valence-corrected chi connectivity index (χ4v) is 5.84. The molecular weight excluding hydrogens is 574 g/mol. The van der Waals surface area contributed by atoms with E-state index in [1.165, 1.54) is 0 Å². The first-order valence-electron chi connectivity index (χ1n) is 13.7. The second-order valence-electron chi connectivity index (χ2n) is 10.4. The van der Waals surface area contributed by atoms with Crippen molar-refractivity contribution in [2.45, 2.75) is 57.7 Å². The van der Waals surface area contributed by atoms with Crippen LogP contribution in [0.25, 0.3) is 0 Å². The molecule has 2 N–H and O–H groups in total. The molecule has 2 aromatic carbocycles. The predicted octanol–water partition coefficient (Wildman–Crippen LogP) is 4.11. The highest BCUT2D eigenvalue weighted by molar-refractivity contribution is 9.10. The highest BCUT2D eigenvalue weighted by atomic mass is 79.9. The maximum absolute atomic E-state index is 13.9. The first-order valence-corrected chi connectivity index (χ1v) is 14.5. The van der Waals surface area contributed by atoms with Crippen LogP contribution < -0.4 is 9.80 Å². The van der Waals surface area contributed by atoms with E-state index in [1.807, 2.05) is 72.6 Å². The van der Waals surface area contributed by atoms with E-state index in [0.717, 1.165) is 34.3 Å². The number of aryl methyl sites for hydroxylation is 1. The molecule has 3 aromatic rings. The number of aliphatic hydroxyl groups is 2. The quantitative estimate of drug-likeness (QED) is 0.335. The molecule has 1 fully saturated rings. The molecule has 0 saturated carbocycles. The number of anilines is 2. The van der Waals surface area contributed by atoms with Gasteiger partial charge in [-0.3, -0.25) is 14.3 Å². The van der Waals surface area contributed by atoms with E-state index in [9.17, 15) is 14.7 Å². The minimum atomic E-state index is -1.72. The average molecular weight is 609 g/mol. The zero-order valence-corrected chi connectivity index (χ0v) is 24.1. The van der Waals surface area contributed by atoms with Crippen molar-refractivity contribution in [3.05, 3.63) is 82.1 Å². The zero-order chi connectivity index (χ0) is 28.3. The molecule has 0 bridgehead atoms. The Labute approximate surface area is 242 Å². The van der Waals surface area contributed by atoms with Gasteiger partial charge in [-0.25, -0.2) is 0 Å². The molecule has 2 aliphatic heterocycles. The number of rotatable bonds is 10. The molecule has 0 radical (unpaired) electrons. The molecule has 2 amide bonds. The summed E-state index contributed by atoms with van der Waals surface area (Å²) in [6.07, 6.45) is 9.19. The Morgan fingerprint density at radius 1 is 1.18 bits per heavy atom. The summed E-state index contributed by atoms with van der Waals surface area (Å²) in [6.45, 7) is 3.45. The number of piperidine rings is 1. The molecule has 1 aromatic heterocycles. The normalized spacial score (nSPS) is 20.0. The summed E-state index contributed by atoms with van der Waals surface area (Å²) >= 11 is 3.51. The van der Waals surface area contributed by atoms with Crippen LogP contribution in [0.15, 0.2) is 65.3 Å². The number of aromatic nitrogens is 3. The van der Waals surface area contributed by atoms with Gasteiger partial charge in [-0.05, 0) is 55.2 Å². The molecule has 2 atom stereocenters. The lowest BCUT2D eigenvalue weighted by Crippen LogP contribution is -2.44. The number of nitrogens with zero attached hydrogens (tertiary/aromatic N) is 5. The number of halogens is 1. The van der Waals surface area contributed by atoms with Crippen molar-refractivity contribution in [1.29, 1.82) is 0 Å². The van der Waals surface area contributed by atoms with Gasteiger partial charge in [0.1, 0.15) is 0 Å². The number of hydrogen-bond acceptors (Lipinski definition) is 6. The molecule has 2 aliphatic rings. The maximum Gasteiger partial charge on any atom is 0.264 e. The van der Waals surface area contributed by atoms with E-state index in [1.54, 1.807) is 9.58 Å². The molecule has 1 saturated heterocycles. The topological polar surface area (TPSA) is 112 Å². The lowest BCUT2D eigenvalue weighted by molar-refractivity contribution is -0.139. The van der Waals surface area contributed by atoms with Gasteiger partial charge in [0.25, 0.3) is 5.91 Å². The van der Waals surface area contributed by atoms with Crippen molar-refractivity contribution in [2.75, 3.05) is 23.0 Å². The molecule has 0 aliphatic carbocycles. The molecular formula is C30H34BrN5O4. The maximum atomic E-state index is 13.9. The van der Waals surface area contributed by atoms with Crippen LogP contribution in [0.2, 0.25) is 0 Å². The summed E-state index contributed by atoms with van der Waals surface area (Å²) < 4.78 is 2.50. The molecule has 9 nitrogen and oxygen atoms in total. The highest BCUT2D eigenvalue weighted by Crippen LogP contribution is 2.46. The van der Waals surface area contributed by atoms with Gasteiger partial charge in [-0.2, -0.15) is 0 Å². The molecule has 3 heterocycles. The standard InChI is InChI=1S/C30H34BrN5O4/c1-21(7-2-4-14-34-20-24(13-16-37)32-33-34)30(40)26-18-23(31)11-12-27(26)36(29(30)39)19-22-8-6-9-25(17-22)35-15-5-3-10-28(35)38/h2,6-9,11-12,17-18,20-21,37,40H,3-5,10,13-16,19H2,1H3/b7-2+/t21-,30+/m0/s1. The first kappa shape index (κ1) is 28.2. The van der Waals surface area contributed by atoms with E-state index in [4.69, 9.17) is 5.11 Å². The lowest BCUT2D eigenvalue weighted by Gasteiger charge is -2.28. The van der Waals surface area contributed by atoms with Crippen LogP contribution in [0.1, 0.15) is 49.4 Å². The Hall–Kier alpha value is -3.34. The van der Waals surface area contributed by atoms with Crippen molar-refractivity contribution >= 4 is 39.1 Å². The van der Waals surface area contributed by atoms with Crippen LogP contribution in [0.3, 0.4) is 0 Å². The molecule has 0 spiro atoms. The van der Waals surface area contributed by atoms with Gasteiger partial charge >= 0.3 is 0 Å². The summed E-state index contributed by atoms with van der Waals surface area (Å²) in [4.78, 5) is 29.9. The van der Waals surface area contributed by atoms with Crippen LogP contribution in [0, 0.1) is 5.92 Å². The van der Waals surface area contributed by atoms with Gasteiger partial charge < -0.3 is 20.0 Å². The lowest BCUT2D eigenvalue weighted by atomic mass is 9.83. The largest absolute Gasteiger partial charge is 0.396 e. The number of aliphatic hydroxyl groups excluding tert-OH is 1. The van der Waals surface area contributed by atoms with Gasteiger partial charge in [0, 0.05) is 60.4 Å². The summed E-state index contributed by atoms with van der Waals surface area (Å²) in [5, 5.41) is 29.1. The summed E-state index contributed by atoms with van der Waals surface area (Å²) in [5.74, 6) is -0.738. The van der Waals surface area contributed by atoms with E-state index >= 15 is 0 Å². The second-order valence-corrected chi connectivity index (χ2v) is 11.4. The third-order valence-electron chi connectivity index (χ3n) is 7.68. The zero-order valence-electron chi connectivity index (χ0n) is 22.5. The highest BCUT2D eigenvalue weighted by Gasteiger charge is 2.52.